The van der Waals surface area contributed by atoms with Crippen molar-refractivity contribution in [2.45, 2.75) is 24.4 Å². The normalized spacial score (nSPS) is 11.9. The molecule has 0 saturated heterocycles. The third-order valence-electron chi connectivity index (χ3n) is 3.92. The van der Waals surface area contributed by atoms with Crippen LogP contribution in [0.4, 0.5) is 5.82 Å². The number of nitrogens with zero attached hydrogens (tertiary/aromatic N) is 4. The Balaban J connectivity index is 1.55. The summed E-state index contributed by atoms with van der Waals surface area (Å²) in [6.07, 6.45) is 2.13. The van der Waals surface area contributed by atoms with E-state index >= 15 is 0 Å². The summed E-state index contributed by atoms with van der Waals surface area (Å²) < 4.78 is 1.44. The Labute approximate surface area is 166 Å². The Morgan fingerprint density at radius 1 is 1.26 bits per heavy atom. The average Bonchev–Trinajstić information content (AvgIpc) is 3.02. The quantitative estimate of drug-likeness (QED) is 0.465. The first-order valence-electron chi connectivity index (χ1n) is 8.31. The summed E-state index contributed by atoms with van der Waals surface area (Å²) in [6.45, 7) is 2.11. The Kier molecular flexibility index (Phi) is 6.31. The van der Waals surface area contributed by atoms with Gasteiger partial charge in [0.2, 0.25) is 11.1 Å². The summed E-state index contributed by atoms with van der Waals surface area (Å²) in [6, 6.07) is 13.5. The number of carbonyl (C=O) groups is 1. The molecule has 2 aromatic heterocycles. The lowest BCUT2D eigenvalue weighted by atomic mass is 9.98. The van der Waals surface area contributed by atoms with Gasteiger partial charge in [0.25, 0.3) is 0 Å². The number of amides is 1. The van der Waals surface area contributed by atoms with E-state index in [4.69, 9.17) is 17.4 Å². The molecule has 0 radical (unpaired) electrons. The van der Waals surface area contributed by atoms with Gasteiger partial charge in [0.05, 0.1) is 10.8 Å². The smallest absolute Gasteiger partial charge is 0.236 e. The van der Waals surface area contributed by atoms with Crippen LogP contribution in [0.5, 0.6) is 0 Å². The largest absolute Gasteiger partial charge is 0.336 e. The molecule has 140 valence electrons. The molecule has 1 amide bonds. The van der Waals surface area contributed by atoms with Crippen molar-refractivity contribution < 1.29 is 4.79 Å². The fraction of sp³-hybridized carbons (Fsp3) is 0.222. The van der Waals surface area contributed by atoms with Gasteiger partial charge in [0.1, 0.15) is 5.82 Å². The van der Waals surface area contributed by atoms with Gasteiger partial charge in [-0.05, 0) is 23.6 Å². The minimum atomic E-state index is -0.211. The lowest BCUT2D eigenvalue weighted by molar-refractivity contribution is -0.113. The fourth-order valence-corrected chi connectivity index (χ4v) is 3.26. The summed E-state index contributed by atoms with van der Waals surface area (Å²) in [5.74, 6) is 7.41. The molecule has 0 spiro atoms. The Morgan fingerprint density at radius 2 is 2.04 bits per heavy atom. The summed E-state index contributed by atoms with van der Waals surface area (Å²) in [5.41, 5.74) is 1.21. The van der Waals surface area contributed by atoms with Gasteiger partial charge in [-0.1, -0.05) is 60.6 Å². The van der Waals surface area contributed by atoms with Crippen LogP contribution in [0.15, 0.2) is 53.8 Å². The third-order valence-corrected chi connectivity index (χ3v) is 5.09. The molecule has 0 saturated carbocycles. The Bertz CT molecular complexity index is 900. The van der Waals surface area contributed by atoms with Crippen molar-refractivity contribution >= 4 is 35.1 Å². The van der Waals surface area contributed by atoms with Gasteiger partial charge in [0.15, 0.2) is 5.82 Å². The molecular weight excluding hydrogens is 384 g/mol. The lowest BCUT2D eigenvalue weighted by Crippen LogP contribution is -2.18. The van der Waals surface area contributed by atoms with Crippen LogP contribution in [0.3, 0.4) is 0 Å². The van der Waals surface area contributed by atoms with Crippen molar-refractivity contribution in [1.29, 1.82) is 0 Å². The predicted octanol–water partition coefficient (Wildman–Crippen LogP) is 3.12. The number of aromatic nitrogens is 4. The van der Waals surface area contributed by atoms with Crippen molar-refractivity contribution in [3.05, 3.63) is 65.1 Å². The number of nitrogens with one attached hydrogen (secondary N) is 1. The van der Waals surface area contributed by atoms with Crippen molar-refractivity contribution in [2.75, 3.05) is 16.9 Å². The number of carbonyl (C=O) groups excluding carboxylic acids is 1. The van der Waals surface area contributed by atoms with Crippen molar-refractivity contribution in [3.8, 4) is 0 Å². The van der Waals surface area contributed by atoms with Crippen LogP contribution < -0.4 is 11.2 Å². The van der Waals surface area contributed by atoms with Crippen molar-refractivity contribution in [1.82, 2.24) is 19.9 Å². The summed E-state index contributed by atoms with van der Waals surface area (Å²) >= 11 is 6.99. The van der Waals surface area contributed by atoms with E-state index in [1.807, 2.05) is 18.2 Å². The molecule has 0 fully saturated rings. The third kappa shape index (κ3) is 5.21. The minimum absolute atomic E-state index is 0.147. The maximum atomic E-state index is 12.0. The maximum Gasteiger partial charge on any atom is 0.236 e. The lowest BCUT2D eigenvalue weighted by Gasteiger charge is -2.11. The first-order valence-corrected chi connectivity index (χ1v) is 9.68. The van der Waals surface area contributed by atoms with Crippen LogP contribution in [0.2, 0.25) is 5.02 Å². The topological polar surface area (TPSA) is 98.7 Å². The highest BCUT2D eigenvalue weighted by molar-refractivity contribution is 7.99. The van der Waals surface area contributed by atoms with Crippen LogP contribution in [-0.2, 0) is 11.2 Å². The predicted molar refractivity (Wildman–Crippen MR) is 107 cm³/mol. The van der Waals surface area contributed by atoms with Gasteiger partial charge in [-0.15, -0.1) is 10.2 Å². The van der Waals surface area contributed by atoms with E-state index in [9.17, 15) is 4.79 Å². The number of pyridine rings is 1. The Morgan fingerprint density at radius 3 is 2.74 bits per heavy atom. The summed E-state index contributed by atoms with van der Waals surface area (Å²) in [5, 5.41) is 11.9. The fourth-order valence-electron chi connectivity index (χ4n) is 2.48. The van der Waals surface area contributed by atoms with Gasteiger partial charge >= 0.3 is 0 Å². The van der Waals surface area contributed by atoms with Gasteiger partial charge < -0.3 is 11.2 Å². The average molecular weight is 403 g/mol. The van der Waals surface area contributed by atoms with Crippen LogP contribution in [-0.4, -0.2) is 31.5 Å². The summed E-state index contributed by atoms with van der Waals surface area (Å²) in [4.78, 5) is 16.1. The molecule has 27 heavy (non-hydrogen) atoms. The van der Waals surface area contributed by atoms with Crippen molar-refractivity contribution in [3.63, 3.8) is 0 Å². The molecule has 0 aliphatic heterocycles. The minimum Gasteiger partial charge on any atom is -0.336 e. The monoisotopic (exact) mass is 402 g/mol. The second-order valence-corrected chi connectivity index (χ2v) is 7.36. The molecule has 7 nitrogen and oxygen atoms in total. The standard InChI is InChI=1S/C18H19ClN6OS/c1-12(13-5-3-2-4-6-13)9-16-23-24-18(25(16)20)27-11-17(26)22-15-8-7-14(19)10-21-15/h2-8,10,12H,9,11,20H2,1H3,(H,21,22,26)/t12-/m1/s1. The number of hydrogen-bond donors (Lipinski definition) is 2. The molecule has 2 heterocycles. The van der Waals surface area contributed by atoms with Gasteiger partial charge in [-0.2, -0.15) is 0 Å². The molecule has 0 bridgehead atoms. The van der Waals surface area contributed by atoms with Gasteiger partial charge in [-0.25, -0.2) is 9.66 Å². The number of halogens is 1. The Hall–Kier alpha value is -2.58. The van der Waals surface area contributed by atoms with E-state index in [0.29, 0.717) is 28.2 Å². The molecule has 0 aliphatic carbocycles. The van der Waals surface area contributed by atoms with Gasteiger partial charge in [0, 0.05) is 12.6 Å². The highest BCUT2D eigenvalue weighted by atomic mass is 35.5. The summed E-state index contributed by atoms with van der Waals surface area (Å²) in [7, 11) is 0. The number of rotatable bonds is 7. The maximum absolute atomic E-state index is 12.0. The van der Waals surface area contributed by atoms with Crippen LogP contribution in [0.25, 0.3) is 0 Å². The molecule has 0 unspecified atom stereocenters. The molecule has 3 rings (SSSR count). The first-order chi connectivity index (χ1) is 13.0. The molecule has 0 aliphatic rings. The van der Waals surface area contributed by atoms with E-state index in [2.05, 4.69) is 39.6 Å². The van der Waals surface area contributed by atoms with Crippen LogP contribution >= 0.6 is 23.4 Å². The molecule has 3 N–H and O–H groups in total. The van der Waals surface area contributed by atoms with Gasteiger partial charge in [-0.3, -0.25) is 4.79 Å². The van der Waals surface area contributed by atoms with Crippen LogP contribution in [0.1, 0.15) is 24.2 Å². The second kappa shape index (κ2) is 8.88. The zero-order valence-electron chi connectivity index (χ0n) is 14.7. The molecule has 1 atom stereocenters. The van der Waals surface area contributed by atoms with E-state index < -0.39 is 0 Å². The van der Waals surface area contributed by atoms with E-state index in [1.165, 1.54) is 28.2 Å². The highest BCUT2D eigenvalue weighted by Gasteiger charge is 2.16. The first kappa shape index (κ1) is 19.2. The number of nitrogen functional groups attached to an aromatic ring is 1. The zero-order chi connectivity index (χ0) is 19.2. The van der Waals surface area contributed by atoms with E-state index in [-0.39, 0.29) is 17.6 Å². The van der Waals surface area contributed by atoms with Crippen molar-refractivity contribution in [2.24, 2.45) is 0 Å². The zero-order valence-corrected chi connectivity index (χ0v) is 16.2. The van der Waals surface area contributed by atoms with Crippen LogP contribution in [0, 0.1) is 0 Å². The number of benzene rings is 1. The molecule has 1 aromatic carbocycles. The number of nitrogens with two attached hydrogens (primary N) is 1. The number of hydrogen-bond acceptors (Lipinski definition) is 6. The van der Waals surface area contributed by atoms with E-state index in [1.54, 1.807) is 12.1 Å². The molecule has 9 heteroatoms. The second-order valence-electron chi connectivity index (χ2n) is 5.98. The molecule has 3 aromatic rings. The highest BCUT2D eigenvalue weighted by Crippen LogP contribution is 2.21. The molecular formula is C18H19ClN6OS. The number of thioether (sulfide) groups is 1. The number of anilines is 1. The van der Waals surface area contributed by atoms with E-state index in [0.717, 1.165) is 0 Å². The SMILES string of the molecule is C[C@H](Cc1nnc(SCC(=O)Nc2ccc(Cl)cn2)n1N)c1ccccc1.